The van der Waals surface area contributed by atoms with Gasteiger partial charge in [0.05, 0.1) is 18.2 Å². The van der Waals surface area contributed by atoms with Crippen LogP contribution in [0.1, 0.15) is 78.3 Å². The van der Waals surface area contributed by atoms with E-state index in [-0.39, 0.29) is 35.4 Å². The second kappa shape index (κ2) is 11.0. The molecule has 4 heterocycles. The number of piperazine rings is 1. The highest BCUT2D eigenvalue weighted by Crippen LogP contribution is 2.67. The number of carbonyl (C=O) groups is 2. The zero-order valence-corrected chi connectivity index (χ0v) is 27.5. The van der Waals surface area contributed by atoms with Crippen molar-refractivity contribution in [1.82, 2.24) is 19.1 Å². The van der Waals surface area contributed by atoms with Crippen molar-refractivity contribution >= 4 is 32.7 Å². The smallest absolute Gasteiger partial charge is 0.264 e. The maximum Gasteiger partial charge on any atom is 0.264 e. The van der Waals surface area contributed by atoms with Gasteiger partial charge in [-0.25, -0.2) is 21.9 Å². The fourth-order valence-corrected chi connectivity index (χ4v) is 10.1. The number of amides is 2. The Morgan fingerprint density at radius 1 is 1.06 bits per heavy atom. The molecule has 2 amide bonds. The second-order valence-corrected chi connectivity index (χ2v) is 16.1. The summed E-state index contributed by atoms with van der Waals surface area (Å²) in [5.74, 6) is -1.17. The molecular weight excluding hydrogens is 626 g/mol. The lowest BCUT2D eigenvalue weighted by molar-refractivity contribution is -0.159. The molecule has 1 aromatic heterocycles. The number of likely N-dealkylation sites (tertiary alicyclic amines) is 2. The van der Waals surface area contributed by atoms with E-state index in [1.807, 2.05) is 16.9 Å². The summed E-state index contributed by atoms with van der Waals surface area (Å²) < 4.78 is 60.1. The number of likely N-dealkylation sites (N-methyl/N-ethyl adjacent to an activating group) is 1. The van der Waals surface area contributed by atoms with Gasteiger partial charge in [-0.15, -0.1) is 0 Å². The van der Waals surface area contributed by atoms with Crippen molar-refractivity contribution in [2.45, 2.75) is 81.8 Å². The molecule has 2 saturated heterocycles. The van der Waals surface area contributed by atoms with Gasteiger partial charge in [-0.2, -0.15) is 0 Å². The molecule has 2 bridgehead atoms. The maximum absolute atomic E-state index is 14.7. The van der Waals surface area contributed by atoms with E-state index in [0.717, 1.165) is 78.7 Å². The average molecular weight is 667 g/mol. The molecule has 2 saturated carbocycles. The summed E-state index contributed by atoms with van der Waals surface area (Å²) in [6.07, 6.45) is 4.11. The van der Waals surface area contributed by atoms with Crippen LogP contribution >= 0.6 is 0 Å². The molecule has 4 fully saturated rings. The van der Waals surface area contributed by atoms with E-state index in [9.17, 15) is 26.8 Å². The molecule has 0 radical (unpaired) electrons. The summed E-state index contributed by atoms with van der Waals surface area (Å²) in [7, 11) is -0.771. The van der Waals surface area contributed by atoms with Crippen LogP contribution in [0.5, 0.6) is 5.75 Å². The fraction of sp³-hybridized carbons (Fsp3) is 0.543. The first kappa shape index (κ1) is 30.8. The lowest BCUT2D eigenvalue weighted by Crippen LogP contribution is -2.70. The van der Waals surface area contributed by atoms with Crippen LogP contribution in [0.3, 0.4) is 0 Å². The topological polar surface area (TPSA) is 101 Å². The number of halogens is 2. The van der Waals surface area contributed by atoms with Crippen molar-refractivity contribution in [2.24, 2.45) is 5.41 Å². The Hall–Kier alpha value is -3.51. The minimum Gasteiger partial charge on any atom is -0.497 e. The minimum absolute atomic E-state index is 0.0132. The van der Waals surface area contributed by atoms with E-state index < -0.39 is 33.5 Å². The maximum atomic E-state index is 14.7. The molecule has 250 valence electrons. The molecule has 2 aromatic carbocycles. The summed E-state index contributed by atoms with van der Waals surface area (Å²) in [4.78, 5) is 32.3. The number of ether oxygens (including phenoxy) is 1. The van der Waals surface area contributed by atoms with Crippen molar-refractivity contribution in [3.8, 4) is 17.0 Å². The third kappa shape index (κ3) is 4.96. The number of rotatable bonds is 7. The summed E-state index contributed by atoms with van der Waals surface area (Å²) in [5.41, 5.74) is 4.59. The van der Waals surface area contributed by atoms with Crippen LogP contribution in [0.15, 0.2) is 36.4 Å². The molecule has 4 unspecified atom stereocenters. The van der Waals surface area contributed by atoms with E-state index in [1.54, 1.807) is 19.2 Å². The molecule has 9 nitrogen and oxygen atoms in total. The first-order chi connectivity index (χ1) is 22.5. The predicted molar refractivity (Wildman–Crippen MR) is 173 cm³/mol. The van der Waals surface area contributed by atoms with Gasteiger partial charge < -0.3 is 19.1 Å². The van der Waals surface area contributed by atoms with Crippen molar-refractivity contribution in [1.29, 1.82) is 0 Å². The van der Waals surface area contributed by atoms with E-state index in [0.29, 0.717) is 13.0 Å². The number of alkyl halides is 2. The first-order valence-electron chi connectivity index (χ1n) is 16.7. The quantitative estimate of drug-likeness (QED) is 0.377. The molecule has 3 aromatic rings. The Morgan fingerprint density at radius 3 is 2.51 bits per heavy atom. The zero-order valence-electron chi connectivity index (χ0n) is 26.7. The van der Waals surface area contributed by atoms with Crippen molar-refractivity contribution in [3.63, 3.8) is 0 Å². The Bertz CT molecular complexity index is 1890. The zero-order chi connectivity index (χ0) is 32.8. The number of methoxy groups -OCH3 is 1. The number of hydrogen-bond acceptors (Lipinski definition) is 6. The van der Waals surface area contributed by atoms with E-state index in [4.69, 9.17) is 4.74 Å². The summed E-state index contributed by atoms with van der Waals surface area (Å²) in [6, 6.07) is 11.7. The van der Waals surface area contributed by atoms with Crippen molar-refractivity contribution in [3.05, 3.63) is 53.1 Å². The Balaban J connectivity index is 1.30. The van der Waals surface area contributed by atoms with Gasteiger partial charge in [-0.05, 0) is 80.1 Å². The molecular formula is C35H40F2N4O5S. The largest absolute Gasteiger partial charge is 0.497 e. The number of piperidine rings is 1. The van der Waals surface area contributed by atoms with Gasteiger partial charge >= 0.3 is 0 Å². The highest BCUT2D eigenvalue weighted by molar-refractivity contribution is 7.90. The van der Waals surface area contributed by atoms with Crippen LogP contribution in [0.4, 0.5) is 8.78 Å². The molecule has 5 aliphatic rings. The number of sulfonamides is 1. The van der Waals surface area contributed by atoms with Crippen LogP contribution < -0.4 is 9.46 Å². The van der Waals surface area contributed by atoms with Crippen molar-refractivity contribution < 1.29 is 31.5 Å². The Kier molecular flexibility index (Phi) is 7.22. The summed E-state index contributed by atoms with van der Waals surface area (Å²) in [5, 5.41) is 0.977. The van der Waals surface area contributed by atoms with Gasteiger partial charge in [0.25, 0.3) is 12.3 Å². The Morgan fingerprint density at radius 2 is 1.81 bits per heavy atom. The SMILES string of the molecule is COc1ccc2c(c1)C1CC1(C(=O)N1C3CC1CN(C)C3)Cn1c-2c(C2CCCCC2)c2ccc(C(=O)NS(=O)(=O)CC(F)F)cc21. The minimum atomic E-state index is -4.53. The van der Waals surface area contributed by atoms with E-state index >= 15 is 0 Å². The lowest BCUT2D eigenvalue weighted by Gasteiger charge is -2.56. The molecule has 2 aliphatic carbocycles. The normalized spacial score (nSPS) is 27.0. The monoisotopic (exact) mass is 666 g/mol. The highest BCUT2D eigenvalue weighted by Gasteiger charge is 2.66. The molecule has 4 atom stereocenters. The van der Waals surface area contributed by atoms with Crippen LogP contribution in [0, 0.1) is 5.41 Å². The molecule has 12 heteroatoms. The third-order valence-corrected chi connectivity index (χ3v) is 12.6. The van der Waals surface area contributed by atoms with Crippen LogP contribution in [0.25, 0.3) is 22.2 Å². The predicted octanol–water partition coefficient (Wildman–Crippen LogP) is 5.09. The number of fused-ring (bicyclic) bond motifs is 9. The number of nitrogens with one attached hydrogen (secondary N) is 1. The van der Waals surface area contributed by atoms with E-state index in [1.165, 1.54) is 12.0 Å². The molecule has 1 N–H and O–H groups in total. The lowest BCUT2D eigenvalue weighted by atomic mass is 9.81. The summed E-state index contributed by atoms with van der Waals surface area (Å²) in [6.45, 7) is 2.17. The third-order valence-electron chi connectivity index (χ3n) is 11.4. The molecule has 3 aliphatic heterocycles. The van der Waals surface area contributed by atoms with Gasteiger partial charge in [0, 0.05) is 59.7 Å². The average Bonchev–Trinajstić information content (AvgIpc) is 3.70. The number of hydrogen-bond donors (Lipinski definition) is 1. The van der Waals surface area contributed by atoms with Crippen LogP contribution in [-0.4, -0.2) is 86.1 Å². The molecule has 8 rings (SSSR count). The van der Waals surface area contributed by atoms with Crippen molar-refractivity contribution in [2.75, 3.05) is 33.0 Å². The van der Waals surface area contributed by atoms with E-state index in [2.05, 4.69) is 33.5 Å². The van der Waals surface area contributed by atoms with Crippen LogP contribution in [-0.2, 0) is 21.4 Å². The molecule has 0 spiro atoms. The number of benzene rings is 2. The first-order valence-corrected chi connectivity index (χ1v) is 18.3. The van der Waals surface area contributed by atoms with Gasteiger partial charge in [-0.3, -0.25) is 9.59 Å². The number of aromatic nitrogens is 1. The van der Waals surface area contributed by atoms with Gasteiger partial charge in [0.2, 0.25) is 15.9 Å². The highest BCUT2D eigenvalue weighted by atomic mass is 32.2. The standard InChI is InChI=1S/C35H40F2N4O5S/c1-39-16-22-13-23(17-39)41(22)34(43)35-15-28(35)27-14-24(46-2)9-11-25(27)32-31(20-6-4-3-5-7-20)26-10-8-21(12-29(26)40(32)19-35)33(42)38-47(44,45)18-30(36)37/h8-12,14,20,22-23,28,30H,3-7,13,15-19H2,1-2H3,(H,38,42). The van der Waals surface area contributed by atoms with Gasteiger partial charge in [-0.1, -0.05) is 25.3 Å². The second-order valence-electron chi connectivity index (χ2n) is 14.4. The number of nitrogens with zero attached hydrogens (tertiary/aromatic N) is 3. The van der Waals surface area contributed by atoms with Gasteiger partial charge in [0.15, 0.2) is 0 Å². The number of carbonyl (C=O) groups excluding carboxylic acids is 2. The van der Waals surface area contributed by atoms with Crippen LogP contribution in [0.2, 0.25) is 0 Å². The Labute approximate surface area is 273 Å². The molecule has 47 heavy (non-hydrogen) atoms. The summed E-state index contributed by atoms with van der Waals surface area (Å²) >= 11 is 0. The van der Waals surface area contributed by atoms with Gasteiger partial charge in [0.1, 0.15) is 11.5 Å². The fourth-order valence-electron chi connectivity index (χ4n) is 9.24.